The van der Waals surface area contributed by atoms with Crippen LogP contribution in [0, 0.1) is 0 Å². The summed E-state index contributed by atoms with van der Waals surface area (Å²) in [5, 5.41) is 0. The normalized spacial score (nSPS) is 11.1. The van der Waals surface area contributed by atoms with Gasteiger partial charge in [-0.25, -0.2) is 0 Å². The third-order valence-corrected chi connectivity index (χ3v) is 4.20. The van der Waals surface area contributed by atoms with E-state index in [0.29, 0.717) is 5.56 Å². The van der Waals surface area contributed by atoms with Gasteiger partial charge in [0.2, 0.25) is 0 Å². The fourth-order valence-corrected chi connectivity index (χ4v) is 2.91. The summed E-state index contributed by atoms with van der Waals surface area (Å²) < 4.78 is 0. The molecule has 4 aromatic rings. The topological polar surface area (TPSA) is 42.9 Å². The average molecular weight is 336 g/mol. The van der Waals surface area contributed by atoms with E-state index in [1.807, 2.05) is 78.9 Å². The van der Waals surface area contributed by atoms with Crippen LogP contribution >= 0.6 is 0 Å². The predicted octanol–water partition coefficient (Wildman–Crippen LogP) is 5.19. The lowest BCUT2D eigenvalue weighted by Crippen LogP contribution is -1.97. The van der Waals surface area contributed by atoms with Crippen molar-refractivity contribution in [1.29, 1.82) is 0 Å². The van der Waals surface area contributed by atoms with Gasteiger partial charge in [-0.2, -0.15) is 0 Å². The molecule has 0 amide bonds. The van der Waals surface area contributed by atoms with Crippen LogP contribution < -0.4 is 0 Å². The number of ketones is 1. The van der Waals surface area contributed by atoms with E-state index >= 15 is 0 Å². The summed E-state index contributed by atoms with van der Waals surface area (Å²) in [5.41, 5.74) is 5.23. The molecule has 0 N–H and O–H groups in total. The SMILES string of the molecule is O=C(C=Cc1ccc2nccnc2c1)c1ccccc1-c1ccccc1. The first-order chi connectivity index (χ1) is 12.8. The van der Waals surface area contributed by atoms with E-state index in [9.17, 15) is 4.79 Å². The van der Waals surface area contributed by atoms with Crippen molar-refractivity contribution in [3.05, 3.63) is 102 Å². The molecule has 0 saturated carbocycles. The molecule has 4 rings (SSSR count). The van der Waals surface area contributed by atoms with Gasteiger partial charge in [-0.3, -0.25) is 14.8 Å². The Morgan fingerprint density at radius 1 is 0.769 bits per heavy atom. The number of aromatic nitrogens is 2. The maximum absolute atomic E-state index is 12.8. The van der Waals surface area contributed by atoms with E-state index in [2.05, 4.69) is 9.97 Å². The number of fused-ring (bicyclic) bond motifs is 1. The molecule has 0 atom stereocenters. The van der Waals surface area contributed by atoms with Gasteiger partial charge >= 0.3 is 0 Å². The van der Waals surface area contributed by atoms with Crippen LogP contribution in [0.3, 0.4) is 0 Å². The molecule has 124 valence electrons. The van der Waals surface area contributed by atoms with Crippen molar-refractivity contribution in [2.45, 2.75) is 0 Å². The molecule has 0 aliphatic carbocycles. The maximum atomic E-state index is 12.8. The van der Waals surface area contributed by atoms with Crippen LogP contribution in [0.25, 0.3) is 28.2 Å². The monoisotopic (exact) mass is 336 g/mol. The van der Waals surface area contributed by atoms with Gasteiger partial charge in [-0.05, 0) is 34.9 Å². The summed E-state index contributed by atoms with van der Waals surface area (Å²) in [4.78, 5) is 21.3. The molecule has 0 aliphatic rings. The van der Waals surface area contributed by atoms with E-state index in [-0.39, 0.29) is 5.78 Å². The van der Waals surface area contributed by atoms with Gasteiger partial charge in [0, 0.05) is 18.0 Å². The Bertz CT molecular complexity index is 1100. The quantitative estimate of drug-likeness (QED) is 0.380. The van der Waals surface area contributed by atoms with Crippen molar-refractivity contribution < 1.29 is 4.79 Å². The average Bonchev–Trinajstić information content (AvgIpc) is 2.72. The Morgan fingerprint density at radius 3 is 2.35 bits per heavy atom. The van der Waals surface area contributed by atoms with Gasteiger partial charge < -0.3 is 0 Å². The minimum atomic E-state index is -0.0244. The molecule has 0 fully saturated rings. The fourth-order valence-electron chi connectivity index (χ4n) is 2.91. The Kier molecular flexibility index (Phi) is 4.35. The van der Waals surface area contributed by atoms with E-state index in [1.54, 1.807) is 18.5 Å². The van der Waals surface area contributed by atoms with Crippen LogP contribution in [0.1, 0.15) is 15.9 Å². The summed E-state index contributed by atoms with van der Waals surface area (Å²) >= 11 is 0. The largest absolute Gasteiger partial charge is 0.289 e. The van der Waals surface area contributed by atoms with Crippen molar-refractivity contribution in [1.82, 2.24) is 9.97 Å². The Morgan fingerprint density at radius 2 is 1.50 bits per heavy atom. The molecule has 0 bridgehead atoms. The second-order valence-corrected chi connectivity index (χ2v) is 5.91. The number of benzene rings is 3. The maximum Gasteiger partial charge on any atom is 0.186 e. The summed E-state index contributed by atoms with van der Waals surface area (Å²) in [6.07, 6.45) is 6.76. The highest BCUT2D eigenvalue weighted by molar-refractivity contribution is 6.11. The summed E-state index contributed by atoms with van der Waals surface area (Å²) in [5.74, 6) is -0.0244. The lowest BCUT2D eigenvalue weighted by Gasteiger charge is -2.07. The predicted molar refractivity (Wildman–Crippen MR) is 105 cm³/mol. The van der Waals surface area contributed by atoms with Crippen molar-refractivity contribution >= 4 is 22.9 Å². The van der Waals surface area contributed by atoms with Crippen molar-refractivity contribution in [3.8, 4) is 11.1 Å². The lowest BCUT2D eigenvalue weighted by atomic mass is 9.96. The molecule has 3 heteroatoms. The Labute approximate surface area is 151 Å². The molecule has 0 spiro atoms. The number of nitrogens with zero attached hydrogens (tertiary/aromatic N) is 2. The molecule has 0 saturated heterocycles. The highest BCUT2D eigenvalue weighted by Gasteiger charge is 2.09. The minimum Gasteiger partial charge on any atom is -0.289 e. The van der Waals surface area contributed by atoms with Gasteiger partial charge in [0.1, 0.15) is 0 Å². The van der Waals surface area contributed by atoms with Crippen molar-refractivity contribution in [2.24, 2.45) is 0 Å². The Hall–Kier alpha value is -3.59. The van der Waals surface area contributed by atoms with Crippen LogP contribution in [0.5, 0.6) is 0 Å². The van der Waals surface area contributed by atoms with Gasteiger partial charge in [-0.15, -0.1) is 0 Å². The third-order valence-electron chi connectivity index (χ3n) is 4.20. The number of allylic oxidation sites excluding steroid dienone is 1. The second kappa shape index (κ2) is 7.11. The van der Waals surface area contributed by atoms with E-state index < -0.39 is 0 Å². The highest BCUT2D eigenvalue weighted by atomic mass is 16.1. The van der Waals surface area contributed by atoms with Gasteiger partial charge in [0.05, 0.1) is 11.0 Å². The van der Waals surface area contributed by atoms with E-state index in [0.717, 1.165) is 27.7 Å². The Balaban J connectivity index is 1.65. The number of carbonyl (C=O) groups excluding carboxylic acids is 1. The first-order valence-corrected chi connectivity index (χ1v) is 8.39. The van der Waals surface area contributed by atoms with Crippen LogP contribution in [0.4, 0.5) is 0 Å². The van der Waals surface area contributed by atoms with Gasteiger partial charge in [-0.1, -0.05) is 66.7 Å². The number of hydrogen-bond donors (Lipinski definition) is 0. The molecule has 1 heterocycles. The molecule has 3 nitrogen and oxygen atoms in total. The first kappa shape index (κ1) is 15.9. The second-order valence-electron chi connectivity index (χ2n) is 5.91. The minimum absolute atomic E-state index is 0.0244. The molecule has 3 aromatic carbocycles. The lowest BCUT2D eigenvalue weighted by molar-refractivity contribution is 0.104. The molecule has 0 aliphatic heterocycles. The zero-order chi connectivity index (χ0) is 17.8. The van der Waals surface area contributed by atoms with Gasteiger partial charge in [0.15, 0.2) is 5.78 Å². The summed E-state index contributed by atoms with van der Waals surface area (Å²) in [6, 6.07) is 23.4. The van der Waals surface area contributed by atoms with Gasteiger partial charge in [0.25, 0.3) is 0 Å². The van der Waals surface area contributed by atoms with E-state index in [1.165, 1.54) is 0 Å². The number of carbonyl (C=O) groups is 1. The molecular weight excluding hydrogens is 320 g/mol. The van der Waals surface area contributed by atoms with E-state index in [4.69, 9.17) is 0 Å². The highest BCUT2D eigenvalue weighted by Crippen LogP contribution is 2.24. The number of rotatable bonds is 4. The third kappa shape index (κ3) is 3.28. The van der Waals surface area contributed by atoms with Crippen LogP contribution in [-0.2, 0) is 0 Å². The summed E-state index contributed by atoms with van der Waals surface area (Å²) in [7, 11) is 0. The zero-order valence-corrected chi connectivity index (χ0v) is 14.0. The molecule has 1 aromatic heterocycles. The van der Waals surface area contributed by atoms with Crippen LogP contribution in [0.2, 0.25) is 0 Å². The van der Waals surface area contributed by atoms with Crippen LogP contribution in [-0.4, -0.2) is 15.8 Å². The molecule has 26 heavy (non-hydrogen) atoms. The smallest absolute Gasteiger partial charge is 0.186 e. The fraction of sp³-hybridized carbons (Fsp3) is 0. The molecular formula is C23H16N2O. The first-order valence-electron chi connectivity index (χ1n) is 8.39. The zero-order valence-electron chi connectivity index (χ0n) is 14.0. The van der Waals surface area contributed by atoms with Crippen molar-refractivity contribution in [2.75, 3.05) is 0 Å². The number of hydrogen-bond acceptors (Lipinski definition) is 3. The van der Waals surface area contributed by atoms with Crippen molar-refractivity contribution in [3.63, 3.8) is 0 Å². The standard InChI is InChI=1S/C23H16N2O/c26-23(13-11-17-10-12-21-22(16-17)25-15-14-24-21)20-9-5-4-8-19(20)18-6-2-1-3-7-18/h1-16H. The molecule has 0 unspecified atom stereocenters. The summed E-state index contributed by atoms with van der Waals surface area (Å²) in [6.45, 7) is 0. The molecule has 0 radical (unpaired) electrons. The van der Waals surface area contributed by atoms with Crippen LogP contribution in [0.15, 0.2) is 91.3 Å².